The van der Waals surface area contributed by atoms with Crippen molar-refractivity contribution in [3.63, 3.8) is 0 Å². The molecule has 4 heterocycles. The van der Waals surface area contributed by atoms with Crippen molar-refractivity contribution in [3.8, 4) is 45.7 Å². The molecule has 19 heteroatoms. The summed E-state index contributed by atoms with van der Waals surface area (Å²) in [7, 11) is 4.84. The summed E-state index contributed by atoms with van der Waals surface area (Å²) >= 11 is 6.20. The number of aromatic hydroxyl groups is 1. The van der Waals surface area contributed by atoms with Gasteiger partial charge in [-0.25, -0.2) is 47.4 Å². The Balaban J connectivity index is 0.000000174. The molecule has 0 aliphatic rings. The zero-order chi connectivity index (χ0) is 51.8. The molecule has 8 rings (SSSR count). The summed E-state index contributed by atoms with van der Waals surface area (Å²) in [6.45, 7) is 24.5. The number of hydrogen-bond acceptors (Lipinski definition) is 12. The van der Waals surface area contributed by atoms with Crippen molar-refractivity contribution in [1.82, 2.24) is 59.1 Å². The maximum atomic E-state index is 13.5. The average molecular weight is 982 g/mol. The summed E-state index contributed by atoms with van der Waals surface area (Å²) in [4.78, 5) is 17.0. The predicted molar refractivity (Wildman–Crippen MR) is 266 cm³/mol. The van der Waals surface area contributed by atoms with E-state index in [2.05, 4.69) is 103 Å². The Morgan fingerprint density at radius 1 is 0.471 bits per heavy atom. The highest BCUT2D eigenvalue weighted by molar-refractivity contribution is 6.32. The number of aromatic nitrogens is 12. The highest BCUT2D eigenvalue weighted by Crippen LogP contribution is 2.30. The van der Waals surface area contributed by atoms with E-state index in [1.165, 1.54) is 23.1 Å². The van der Waals surface area contributed by atoms with Gasteiger partial charge in [0.15, 0.2) is 40.6 Å². The third-order valence-corrected chi connectivity index (χ3v) is 10.3. The van der Waals surface area contributed by atoms with Crippen LogP contribution in [0.15, 0.2) is 104 Å². The van der Waals surface area contributed by atoms with Crippen molar-refractivity contribution in [2.75, 3.05) is 21.3 Å². The van der Waals surface area contributed by atoms with Gasteiger partial charge in [0.1, 0.15) is 54.0 Å². The Hall–Kier alpha value is -7.21. The van der Waals surface area contributed by atoms with Crippen LogP contribution >= 0.6 is 11.6 Å². The van der Waals surface area contributed by atoms with Crippen molar-refractivity contribution in [2.45, 2.75) is 105 Å². The second-order valence-corrected chi connectivity index (χ2v) is 20.4. The molecule has 1 N–H and O–H groups in total. The molecule has 8 aromatic rings. The number of hydrogen-bond donors (Lipinski definition) is 1. The van der Waals surface area contributed by atoms with E-state index in [1.54, 1.807) is 78.6 Å². The minimum absolute atomic E-state index is 0.0677. The van der Waals surface area contributed by atoms with Gasteiger partial charge >= 0.3 is 0 Å². The van der Waals surface area contributed by atoms with Gasteiger partial charge in [-0.2, -0.15) is 20.4 Å². The zero-order valence-corrected chi connectivity index (χ0v) is 43.2. The van der Waals surface area contributed by atoms with E-state index in [4.69, 9.17) is 25.8 Å². The minimum atomic E-state index is -0.657. The smallest absolute Gasteiger partial charge is 0.162 e. The molecule has 0 atom stereocenters. The maximum absolute atomic E-state index is 13.5. The number of para-hydroxylation sites is 2. The lowest BCUT2D eigenvalue weighted by Crippen LogP contribution is -2.14. The molecule has 70 heavy (non-hydrogen) atoms. The molecule has 0 fully saturated rings. The Morgan fingerprint density at radius 3 is 1.34 bits per heavy atom. The fraction of sp³-hybridized carbons (Fsp3) is 0.373. The minimum Gasteiger partial charge on any atom is -0.506 e. The Bertz CT molecular complexity index is 2970. The van der Waals surface area contributed by atoms with Gasteiger partial charge in [0.25, 0.3) is 0 Å². The molecule has 372 valence electrons. The monoisotopic (exact) mass is 980 g/mol. The van der Waals surface area contributed by atoms with Gasteiger partial charge in [-0.05, 0) is 48.5 Å². The molecule has 0 spiro atoms. The van der Waals surface area contributed by atoms with E-state index in [1.807, 2.05) is 57.2 Å². The zero-order valence-electron chi connectivity index (χ0n) is 42.5. The van der Waals surface area contributed by atoms with Gasteiger partial charge in [0.2, 0.25) is 0 Å². The van der Waals surface area contributed by atoms with Crippen LogP contribution in [0.4, 0.5) is 8.78 Å². The lowest BCUT2D eigenvalue weighted by Gasteiger charge is -2.12. The molecule has 4 aromatic heterocycles. The fourth-order valence-electron chi connectivity index (χ4n) is 5.99. The normalized spacial score (nSPS) is 11.6. The van der Waals surface area contributed by atoms with Crippen LogP contribution in [0, 0.1) is 11.6 Å². The number of phenols is 1. The average Bonchev–Trinajstić information content (AvgIpc) is 4.14. The fourth-order valence-corrected chi connectivity index (χ4v) is 6.25. The van der Waals surface area contributed by atoms with Crippen LogP contribution in [-0.4, -0.2) is 85.5 Å². The number of ether oxygens (including phenoxy) is 3. The van der Waals surface area contributed by atoms with Crippen molar-refractivity contribution in [3.05, 3.63) is 144 Å². The Morgan fingerprint density at radius 2 is 0.914 bits per heavy atom. The van der Waals surface area contributed by atoms with Crippen LogP contribution in [0.5, 0.6) is 23.0 Å². The summed E-state index contributed by atoms with van der Waals surface area (Å²) in [6.07, 6.45) is 6.43. The van der Waals surface area contributed by atoms with E-state index in [9.17, 15) is 13.9 Å². The molecular formula is C51H63ClF2N12O4. The van der Waals surface area contributed by atoms with E-state index in [0.717, 1.165) is 40.7 Å². The second kappa shape index (κ2) is 22.0. The number of methoxy groups -OCH3 is 3. The second-order valence-electron chi connectivity index (χ2n) is 20.0. The third kappa shape index (κ3) is 14.0. The first-order chi connectivity index (χ1) is 32.7. The first-order valence-corrected chi connectivity index (χ1v) is 22.6. The summed E-state index contributed by atoms with van der Waals surface area (Å²) in [5.41, 5.74) is 2.07. The molecule has 16 nitrogen and oxygen atoms in total. The molecule has 0 amide bonds. The lowest BCUT2D eigenvalue weighted by atomic mass is 9.96. The van der Waals surface area contributed by atoms with Crippen LogP contribution in [0.2, 0.25) is 5.02 Å². The number of halogens is 3. The van der Waals surface area contributed by atoms with Crippen molar-refractivity contribution in [2.24, 2.45) is 0 Å². The summed E-state index contributed by atoms with van der Waals surface area (Å²) in [5, 5.41) is 27.8. The highest BCUT2D eigenvalue weighted by Gasteiger charge is 2.23. The van der Waals surface area contributed by atoms with E-state index in [-0.39, 0.29) is 33.1 Å². The van der Waals surface area contributed by atoms with Gasteiger partial charge in [0.05, 0.1) is 37.7 Å². The van der Waals surface area contributed by atoms with Crippen LogP contribution in [0.1, 0.15) is 106 Å². The molecule has 0 aliphatic carbocycles. The van der Waals surface area contributed by atoms with Crippen molar-refractivity contribution >= 4 is 11.6 Å². The van der Waals surface area contributed by atoms with Crippen molar-refractivity contribution in [1.29, 1.82) is 0 Å². The molecular weight excluding hydrogens is 918 g/mol. The number of benzene rings is 4. The summed E-state index contributed by atoms with van der Waals surface area (Å²) < 4.78 is 48.2. The molecule has 0 saturated heterocycles. The van der Waals surface area contributed by atoms with Crippen LogP contribution in [0.25, 0.3) is 22.7 Å². The molecule has 0 aliphatic heterocycles. The largest absolute Gasteiger partial charge is 0.506 e. The number of phenolic OH excluding ortho intramolecular Hbond substituents is 1. The topological polar surface area (TPSA) is 171 Å². The van der Waals surface area contributed by atoms with Crippen LogP contribution in [-0.2, 0) is 21.7 Å². The van der Waals surface area contributed by atoms with E-state index >= 15 is 0 Å². The Kier molecular flexibility index (Phi) is 16.9. The molecule has 0 unspecified atom stereocenters. The number of nitrogens with zero attached hydrogens (tertiary/aromatic N) is 12. The summed E-state index contributed by atoms with van der Waals surface area (Å²) in [6, 6.07) is 21.5. The quantitative estimate of drug-likeness (QED) is 0.160. The van der Waals surface area contributed by atoms with Crippen molar-refractivity contribution < 1.29 is 28.1 Å². The first-order valence-electron chi connectivity index (χ1n) is 22.2. The van der Waals surface area contributed by atoms with Gasteiger partial charge in [-0.15, -0.1) is 0 Å². The van der Waals surface area contributed by atoms with Gasteiger partial charge in [-0.1, -0.05) is 107 Å². The predicted octanol–water partition coefficient (Wildman–Crippen LogP) is 10.9. The molecule has 4 aromatic carbocycles. The summed E-state index contributed by atoms with van der Waals surface area (Å²) in [5.74, 6) is 3.99. The van der Waals surface area contributed by atoms with Gasteiger partial charge in [-0.3, -0.25) is 0 Å². The maximum Gasteiger partial charge on any atom is 0.162 e. The SMILES string of the molecule is CC(C)(C)c1ncn(-c2ccc(F)cc2F)n1.CC(C)(C)c1ncn(-c2ccccc2O)n1.COc1ccc(-n2cnc(C(C)(C)C)n2)c(Cl)c1.COc1ccc(-n2cnc(C(C)(C)C)n2)cc1OC. The standard InChI is InChI=1S/C14H19N3O2.C13H16ClN3O.C12H13F2N3.C12H15N3O/c1-14(2,3)13-15-9-17(16-13)10-6-7-11(18-4)12(8-10)19-5;1-13(2,3)12-15-8-17(16-12)11-6-5-9(18-4)7-10(11)14;1-12(2,3)11-15-7-17(16-11)10-5-4-8(13)6-9(10)14;1-12(2,3)11-13-8-15(14-11)9-6-4-5-7-10(9)16/h6-9H,1-5H3;5-8H,1-4H3;4-7H,1-3H3;4-8,16H,1-3H3. The van der Waals surface area contributed by atoms with Crippen LogP contribution in [0.3, 0.4) is 0 Å². The lowest BCUT2D eigenvalue weighted by molar-refractivity contribution is 0.354. The molecule has 0 radical (unpaired) electrons. The molecule has 0 saturated carbocycles. The van der Waals surface area contributed by atoms with Gasteiger partial charge < -0.3 is 19.3 Å². The van der Waals surface area contributed by atoms with Gasteiger partial charge in [0, 0.05) is 39.9 Å². The highest BCUT2D eigenvalue weighted by atomic mass is 35.5. The Labute approximate surface area is 413 Å². The van der Waals surface area contributed by atoms with Crippen LogP contribution < -0.4 is 14.2 Å². The first kappa shape index (κ1) is 53.7. The third-order valence-electron chi connectivity index (χ3n) is 9.97. The number of rotatable bonds is 7. The molecule has 0 bridgehead atoms. The van der Waals surface area contributed by atoms with E-state index in [0.29, 0.717) is 28.0 Å². The van der Waals surface area contributed by atoms with E-state index < -0.39 is 11.6 Å².